The number of hydrogen-bond acceptors (Lipinski definition) is 6. The van der Waals surface area contributed by atoms with Gasteiger partial charge in [-0.15, -0.1) is 11.3 Å². The second-order valence-electron chi connectivity index (χ2n) is 4.94. The van der Waals surface area contributed by atoms with E-state index in [4.69, 9.17) is 9.47 Å². The van der Waals surface area contributed by atoms with Gasteiger partial charge in [0.25, 0.3) is 5.91 Å². The lowest BCUT2D eigenvalue weighted by molar-refractivity contribution is -0.129. The molecule has 0 spiro atoms. The van der Waals surface area contributed by atoms with Crippen LogP contribution in [0.1, 0.15) is 27.2 Å². The Labute approximate surface area is 139 Å². The number of aliphatic hydroxyl groups is 1. The van der Waals surface area contributed by atoms with E-state index in [1.54, 1.807) is 38.5 Å². The molecule has 6 nitrogen and oxygen atoms in total. The van der Waals surface area contributed by atoms with Crippen molar-refractivity contribution in [1.82, 2.24) is 10.3 Å². The van der Waals surface area contributed by atoms with Crippen LogP contribution in [0.4, 0.5) is 0 Å². The van der Waals surface area contributed by atoms with Crippen LogP contribution in [0.3, 0.4) is 0 Å². The molecule has 1 aromatic heterocycles. The average Bonchev–Trinajstić information content (AvgIpc) is 2.92. The number of methoxy groups -OCH3 is 2. The minimum absolute atomic E-state index is 0.333. The van der Waals surface area contributed by atoms with Crippen LogP contribution >= 0.6 is 11.3 Å². The Morgan fingerprint density at radius 2 is 2.04 bits per heavy atom. The molecule has 0 bridgehead atoms. The molecule has 0 aliphatic carbocycles. The van der Waals surface area contributed by atoms with E-state index in [1.807, 2.05) is 6.92 Å². The fraction of sp³-hybridized carbons (Fsp3) is 0.375. The second kappa shape index (κ2) is 8.05. The van der Waals surface area contributed by atoms with Gasteiger partial charge in [-0.1, -0.05) is 12.1 Å². The van der Waals surface area contributed by atoms with Crippen molar-refractivity contribution in [2.45, 2.75) is 26.2 Å². The number of aryl methyl sites for hydroxylation is 1. The first-order valence-electron chi connectivity index (χ1n) is 7.09. The molecular formula is C16H20N2O4S. The molecule has 1 atom stereocenters. The summed E-state index contributed by atoms with van der Waals surface area (Å²) in [6, 6.07) is 6.74. The van der Waals surface area contributed by atoms with Crippen LogP contribution in [-0.2, 0) is 22.7 Å². The van der Waals surface area contributed by atoms with Gasteiger partial charge in [-0.3, -0.25) is 4.79 Å². The number of ether oxygens (including phenoxy) is 2. The van der Waals surface area contributed by atoms with Crippen molar-refractivity contribution >= 4 is 17.2 Å². The summed E-state index contributed by atoms with van der Waals surface area (Å²) in [5.41, 5.74) is 1.38. The number of nitrogens with zero attached hydrogens (tertiary/aromatic N) is 1. The summed E-state index contributed by atoms with van der Waals surface area (Å²) >= 11 is 1.49. The summed E-state index contributed by atoms with van der Waals surface area (Å²) in [5.74, 6) is 0.226. The molecule has 2 N–H and O–H groups in total. The van der Waals surface area contributed by atoms with Crippen molar-refractivity contribution < 1.29 is 19.4 Å². The third-order valence-electron chi connectivity index (χ3n) is 3.31. The van der Waals surface area contributed by atoms with Gasteiger partial charge in [-0.25, -0.2) is 4.98 Å². The number of hydrogen-bond donors (Lipinski definition) is 2. The van der Waals surface area contributed by atoms with Gasteiger partial charge in [0.2, 0.25) is 0 Å². The molecule has 2 aromatic rings. The standard InChI is InChI=1S/C16H20N2O4S/c1-10-13(23-14(18-10)9-21-2)8-17-16(20)15(19)11-4-6-12(22-3)7-5-11/h4-7,15,19H,8-9H2,1-3H3,(H,17,20). The number of amides is 1. The molecule has 0 saturated heterocycles. The van der Waals surface area contributed by atoms with Crippen molar-refractivity contribution in [1.29, 1.82) is 0 Å². The van der Waals surface area contributed by atoms with Gasteiger partial charge in [-0.2, -0.15) is 0 Å². The topological polar surface area (TPSA) is 80.7 Å². The van der Waals surface area contributed by atoms with Gasteiger partial charge in [0, 0.05) is 12.0 Å². The van der Waals surface area contributed by atoms with Crippen molar-refractivity contribution in [2.75, 3.05) is 14.2 Å². The van der Waals surface area contributed by atoms with E-state index in [-0.39, 0.29) is 0 Å². The molecule has 0 fully saturated rings. The van der Waals surface area contributed by atoms with E-state index < -0.39 is 12.0 Å². The summed E-state index contributed by atoms with van der Waals surface area (Å²) in [6.45, 7) is 2.67. The first kappa shape index (κ1) is 17.4. The number of aromatic nitrogens is 1. The number of nitrogens with one attached hydrogen (secondary N) is 1. The van der Waals surface area contributed by atoms with Gasteiger partial charge in [0.1, 0.15) is 10.8 Å². The van der Waals surface area contributed by atoms with Crippen LogP contribution in [-0.4, -0.2) is 30.2 Å². The monoisotopic (exact) mass is 336 g/mol. The molecule has 1 heterocycles. The van der Waals surface area contributed by atoms with Crippen LogP contribution < -0.4 is 10.1 Å². The van der Waals surface area contributed by atoms with Crippen LogP contribution in [0.25, 0.3) is 0 Å². The number of rotatable bonds is 7. The third-order valence-corrected chi connectivity index (χ3v) is 4.44. The highest BCUT2D eigenvalue weighted by Crippen LogP contribution is 2.20. The highest BCUT2D eigenvalue weighted by atomic mass is 32.1. The maximum absolute atomic E-state index is 12.1. The maximum Gasteiger partial charge on any atom is 0.253 e. The molecule has 0 radical (unpaired) electrons. The van der Waals surface area contributed by atoms with E-state index in [2.05, 4.69) is 10.3 Å². The second-order valence-corrected chi connectivity index (χ2v) is 6.11. The van der Waals surface area contributed by atoms with Gasteiger partial charge < -0.3 is 19.9 Å². The van der Waals surface area contributed by atoms with Crippen molar-refractivity contribution in [2.24, 2.45) is 0 Å². The first-order valence-corrected chi connectivity index (χ1v) is 7.90. The number of thiazole rings is 1. The fourth-order valence-electron chi connectivity index (χ4n) is 2.04. The summed E-state index contributed by atoms with van der Waals surface area (Å²) in [4.78, 5) is 17.4. The molecule has 7 heteroatoms. The fourth-order valence-corrected chi connectivity index (χ4v) is 3.02. The van der Waals surface area contributed by atoms with E-state index in [9.17, 15) is 9.90 Å². The molecule has 0 saturated carbocycles. The van der Waals surface area contributed by atoms with Crippen molar-refractivity contribution in [3.8, 4) is 5.75 Å². The number of carbonyl (C=O) groups is 1. The Balaban J connectivity index is 1.95. The Bertz CT molecular complexity index is 655. The minimum atomic E-state index is -1.22. The highest BCUT2D eigenvalue weighted by molar-refractivity contribution is 7.11. The molecule has 0 aliphatic rings. The summed E-state index contributed by atoms with van der Waals surface area (Å²) in [5, 5.41) is 13.7. The first-order chi connectivity index (χ1) is 11.0. The zero-order chi connectivity index (χ0) is 16.8. The van der Waals surface area contributed by atoms with E-state index in [1.165, 1.54) is 11.3 Å². The van der Waals surface area contributed by atoms with Crippen LogP contribution in [0.2, 0.25) is 0 Å². The molecule has 1 aromatic carbocycles. The number of benzene rings is 1. The lowest BCUT2D eigenvalue weighted by atomic mass is 10.1. The largest absolute Gasteiger partial charge is 0.497 e. The SMILES string of the molecule is COCc1nc(C)c(CNC(=O)C(O)c2ccc(OC)cc2)s1. The normalized spacial score (nSPS) is 12.0. The Morgan fingerprint density at radius 1 is 1.35 bits per heavy atom. The Morgan fingerprint density at radius 3 is 2.65 bits per heavy atom. The third kappa shape index (κ3) is 4.51. The quantitative estimate of drug-likeness (QED) is 0.808. The predicted octanol–water partition coefficient (Wildman–Crippen LogP) is 1.96. The van der Waals surface area contributed by atoms with Gasteiger partial charge in [-0.05, 0) is 24.6 Å². The lowest BCUT2D eigenvalue weighted by Gasteiger charge is -2.12. The van der Waals surface area contributed by atoms with Crippen LogP contribution in [0.5, 0.6) is 5.75 Å². The number of carbonyl (C=O) groups excluding carboxylic acids is 1. The zero-order valence-electron chi connectivity index (χ0n) is 13.3. The van der Waals surface area contributed by atoms with Crippen LogP contribution in [0.15, 0.2) is 24.3 Å². The van der Waals surface area contributed by atoms with Crippen molar-refractivity contribution in [3.63, 3.8) is 0 Å². The van der Waals surface area contributed by atoms with E-state index >= 15 is 0 Å². The average molecular weight is 336 g/mol. The molecule has 2 rings (SSSR count). The number of aliphatic hydroxyl groups excluding tert-OH is 1. The highest BCUT2D eigenvalue weighted by Gasteiger charge is 2.18. The lowest BCUT2D eigenvalue weighted by Crippen LogP contribution is -2.28. The summed E-state index contributed by atoms with van der Waals surface area (Å²) in [6.07, 6.45) is -1.22. The maximum atomic E-state index is 12.1. The minimum Gasteiger partial charge on any atom is -0.497 e. The summed E-state index contributed by atoms with van der Waals surface area (Å²) in [7, 11) is 3.18. The van der Waals surface area contributed by atoms with Gasteiger partial charge in [0.15, 0.2) is 6.10 Å². The Hall–Kier alpha value is -1.96. The Kier molecular flexibility index (Phi) is 6.09. The van der Waals surface area contributed by atoms with Crippen LogP contribution in [0, 0.1) is 6.92 Å². The molecule has 0 aliphatic heterocycles. The van der Waals surface area contributed by atoms with E-state index in [0.717, 1.165) is 15.6 Å². The zero-order valence-corrected chi connectivity index (χ0v) is 14.1. The molecule has 1 unspecified atom stereocenters. The molecule has 23 heavy (non-hydrogen) atoms. The molecule has 124 valence electrons. The smallest absolute Gasteiger partial charge is 0.253 e. The van der Waals surface area contributed by atoms with Gasteiger partial charge in [0.05, 0.1) is 26.0 Å². The van der Waals surface area contributed by atoms with Crippen molar-refractivity contribution in [3.05, 3.63) is 45.4 Å². The van der Waals surface area contributed by atoms with E-state index in [0.29, 0.717) is 24.5 Å². The van der Waals surface area contributed by atoms with Gasteiger partial charge >= 0.3 is 0 Å². The molecular weight excluding hydrogens is 316 g/mol. The molecule has 1 amide bonds. The summed E-state index contributed by atoms with van der Waals surface area (Å²) < 4.78 is 10.1. The predicted molar refractivity (Wildman–Crippen MR) is 87.4 cm³/mol.